The van der Waals surface area contributed by atoms with Gasteiger partial charge >= 0.3 is 12.2 Å². The third-order valence-electron chi connectivity index (χ3n) is 6.71. The lowest BCUT2D eigenvalue weighted by Gasteiger charge is -2.15. The van der Waals surface area contributed by atoms with E-state index in [4.69, 9.17) is 27.0 Å². The normalized spacial score (nSPS) is 12.0. The van der Waals surface area contributed by atoms with E-state index in [9.17, 15) is 9.59 Å². The molecule has 0 saturated carbocycles. The SMILES string of the molecule is CCCCCCC(CCC)OC(=O)[NH2+]c1ccccc1.CCCCCCC(CCC)OC(=O)[NH2+]c1ccccc1.O=S(=O)([O-])[O-]. The van der Waals surface area contributed by atoms with Crippen LogP contribution in [0.3, 0.4) is 0 Å². The van der Waals surface area contributed by atoms with Crippen molar-refractivity contribution in [1.29, 1.82) is 0 Å². The minimum Gasteiger partial charge on any atom is -0.759 e. The maximum Gasteiger partial charge on any atom is 0.518 e. The maximum absolute atomic E-state index is 11.9. The topological polar surface area (TPSA) is 166 Å². The number of hydrogen-bond acceptors (Lipinski definition) is 8. The van der Waals surface area contributed by atoms with Gasteiger partial charge in [0.1, 0.15) is 23.6 Å². The second-order valence-corrected chi connectivity index (χ2v) is 11.7. The predicted molar refractivity (Wildman–Crippen MR) is 174 cm³/mol. The summed E-state index contributed by atoms with van der Waals surface area (Å²) in [5, 5.41) is 3.16. The number of para-hydroxylation sites is 2. The van der Waals surface area contributed by atoms with Gasteiger partial charge in [0.05, 0.1) is 0 Å². The van der Waals surface area contributed by atoms with Gasteiger partial charge in [-0.3, -0.25) is 8.42 Å². The van der Waals surface area contributed by atoms with Gasteiger partial charge in [-0.1, -0.05) is 115 Å². The summed E-state index contributed by atoms with van der Waals surface area (Å²) in [4.78, 5) is 23.8. The van der Waals surface area contributed by atoms with Crippen LogP contribution in [0.4, 0.5) is 21.0 Å². The van der Waals surface area contributed by atoms with Crippen molar-refractivity contribution < 1.29 is 47.2 Å². The van der Waals surface area contributed by atoms with Crippen LogP contribution in [0.15, 0.2) is 60.7 Å². The summed E-state index contributed by atoms with van der Waals surface area (Å²) < 4.78 is 45.2. The average molecular weight is 653 g/mol. The molecule has 2 aromatic rings. The summed E-state index contributed by atoms with van der Waals surface area (Å²) in [6, 6.07) is 19.2. The van der Waals surface area contributed by atoms with Crippen LogP contribution in [-0.2, 0) is 19.9 Å². The Morgan fingerprint density at radius 2 is 0.911 bits per heavy atom. The number of carbonyl (C=O) groups is 2. The predicted octanol–water partition coefficient (Wildman–Crippen LogP) is 6.98. The molecule has 10 nitrogen and oxygen atoms in total. The van der Waals surface area contributed by atoms with E-state index in [0.29, 0.717) is 0 Å². The van der Waals surface area contributed by atoms with Gasteiger partial charge in [0, 0.05) is 10.4 Å². The van der Waals surface area contributed by atoms with Crippen LogP contribution in [0.5, 0.6) is 0 Å². The highest BCUT2D eigenvalue weighted by Crippen LogP contribution is 2.14. The third kappa shape index (κ3) is 28.4. The molecule has 0 fully saturated rings. The monoisotopic (exact) mass is 652 g/mol. The lowest BCUT2D eigenvalue weighted by atomic mass is 10.1. The highest BCUT2D eigenvalue weighted by atomic mass is 32.3. The molecule has 0 aliphatic heterocycles. The average Bonchev–Trinajstić information content (AvgIpc) is 2.98. The summed E-state index contributed by atoms with van der Waals surface area (Å²) >= 11 is 0. The van der Waals surface area contributed by atoms with Gasteiger partial charge in [-0.05, 0) is 62.8 Å². The Balaban J connectivity index is 0.000000748. The van der Waals surface area contributed by atoms with Crippen molar-refractivity contribution in [2.24, 2.45) is 0 Å². The molecular weight excluding hydrogens is 596 g/mol. The Morgan fingerprint density at radius 1 is 0.578 bits per heavy atom. The summed E-state index contributed by atoms with van der Waals surface area (Å²) in [6.45, 7) is 8.68. The van der Waals surface area contributed by atoms with Crippen molar-refractivity contribution in [3.8, 4) is 0 Å². The molecule has 0 heterocycles. The zero-order chi connectivity index (χ0) is 33.8. The van der Waals surface area contributed by atoms with Crippen molar-refractivity contribution >= 4 is 34.0 Å². The standard InChI is InChI=1S/2C17H27NO2.H2O4S/c2*1-3-5-6-10-14-16(11-4-2)20-17(19)18-15-12-8-7-9-13-15;1-5(2,3)4/h2*7-9,12-13,16H,3-6,10-11,14H2,1-2H3,(H,18,19);(H2,1,2,3,4). The van der Waals surface area contributed by atoms with Gasteiger partial charge in [0.2, 0.25) is 0 Å². The molecule has 0 saturated heterocycles. The highest BCUT2D eigenvalue weighted by Gasteiger charge is 2.18. The molecule has 4 N–H and O–H groups in total. The Morgan fingerprint density at radius 3 is 1.20 bits per heavy atom. The molecule has 2 aromatic carbocycles. The quantitative estimate of drug-likeness (QED) is 0.0753. The molecular formula is C34H56N2O8S. The van der Waals surface area contributed by atoms with Gasteiger partial charge in [-0.2, -0.15) is 9.59 Å². The largest absolute Gasteiger partial charge is 0.759 e. The van der Waals surface area contributed by atoms with E-state index in [2.05, 4.69) is 27.7 Å². The molecule has 2 amide bonds. The molecule has 2 rings (SSSR count). The van der Waals surface area contributed by atoms with Gasteiger partial charge in [0.25, 0.3) is 0 Å². The van der Waals surface area contributed by atoms with E-state index in [1.165, 1.54) is 38.5 Å². The van der Waals surface area contributed by atoms with Crippen molar-refractivity contribution in [3.63, 3.8) is 0 Å². The number of carbonyl (C=O) groups excluding carboxylic acids is 2. The lowest BCUT2D eigenvalue weighted by Crippen LogP contribution is -2.82. The number of rotatable bonds is 18. The van der Waals surface area contributed by atoms with Crippen LogP contribution in [0.1, 0.15) is 118 Å². The number of benzene rings is 2. The number of hydrogen-bond donors (Lipinski definition) is 2. The Kier molecular flexibility index (Phi) is 25.7. The van der Waals surface area contributed by atoms with Crippen molar-refractivity contribution in [1.82, 2.24) is 0 Å². The molecule has 0 spiro atoms. The second kappa shape index (κ2) is 27.5. The number of quaternary nitrogens is 2. The molecule has 45 heavy (non-hydrogen) atoms. The smallest absolute Gasteiger partial charge is 0.518 e. The number of primary amides is 2. The van der Waals surface area contributed by atoms with Crippen LogP contribution in [0.2, 0.25) is 0 Å². The lowest BCUT2D eigenvalue weighted by molar-refractivity contribution is -0.485. The van der Waals surface area contributed by atoms with E-state index < -0.39 is 10.4 Å². The molecule has 2 atom stereocenters. The van der Waals surface area contributed by atoms with E-state index in [1.54, 1.807) is 10.6 Å². The summed E-state index contributed by atoms with van der Waals surface area (Å²) in [6.07, 6.45) is 15.5. The molecule has 0 bridgehead atoms. The molecule has 0 aromatic heterocycles. The Hall–Kier alpha value is -2.83. The van der Waals surface area contributed by atoms with Crippen molar-refractivity contribution in [2.45, 2.75) is 130 Å². The molecule has 11 heteroatoms. The van der Waals surface area contributed by atoms with Crippen LogP contribution in [-0.4, -0.2) is 41.9 Å². The fourth-order valence-electron chi connectivity index (χ4n) is 4.53. The Labute approximate surface area is 271 Å². The fourth-order valence-corrected chi connectivity index (χ4v) is 4.53. The second-order valence-electron chi connectivity index (χ2n) is 10.9. The van der Waals surface area contributed by atoms with Crippen LogP contribution in [0.25, 0.3) is 0 Å². The van der Waals surface area contributed by atoms with E-state index in [-0.39, 0.29) is 24.4 Å². The number of nitrogens with two attached hydrogens (primary N) is 2. The first kappa shape index (κ1) is 42.2. The van der Waals surface area contributed by atoms with Gasteiger partial charge < -0.3 is 18.6 Å². The highest BCUT2D eigenvalue weighted by molar-refractivity contribution is 7.79. The van der Waals surface area contributed by atoms with E-state index in [0.717, 1.165) is 62.7 Å². The van der Waals surface area contributed by atoms with Crippen LogP contribution in [0, 0.1) is 0 Å². The third-order valence-corrected chi connectivity index (χ3v) is 6.71. The molecule has 0 aliphatic carbocycles. The van der Waals surface area contributed by atoms with E-state index in [1.807, 2.05) is 60.7 Å². The molecule has 0 radical (unpaired) electrons. The molecule has 2 unspecified atom stereocenters. The maximum atomic E-state index is 11.9. The minimum atomic E-state index is -5.17. The number of amides is 2. The van der Waals surface area contributed by atoms with Gasteiger partial charge in [0.15, 0.2) is 0 Å². The van der Waals surface area contributed by atoms with Gasteiger partial charge in [-0.25, -0.2) is 10.6 Å². The number of unbranched alkanes of at least 4 members (excludes halogenated alkanes) is 6. The number of ether oxygens (including phenoxy) is 2. The molecule has 256 valence electrons. The van der Waals surface area contributed by atoms with Crippen molar-refractivity contribution in [3.05, 3.63) is 60.7 Å². The van der Waals surface area contributed by atoms with Gasteiger partial charge in [-0.15, -0.1) is 0 Å². The summed E-state index contributed by atoms with van der Waals surface area (Å²) in [5.74, 6) is 0. The zero-order valence-electron chi connectivity index (χ0n) is 27.7. The summed E-state index contributed by atoms with van der Waals surface area (Å²) in [5.41, 5.74) is 1.80. The van der Waals surface area contributed by atoms with Crippen molar-refractivity contribution in [2.75, 3.05) is 0 Å². The Bertz CT molecular complexity index is 1020. The van der Waals surface area contributed by atoms with E-state index >= 15 is 0 Å². The first-order valence-corrected chi connectivity index (χ1v) is 17.7. The first-order chi connectivity index (χ1) is 21.5. The summed E-state index contributed by atoms with van der Waals surface area (Å²) in [7, 11) is -5.17. The van der Waals surface area contributed by atoms with Crippen LogP contribution < -0.4 is 10.6 Å². The zero-order valence-corrected chi connectivity index (χ0v) is 28.5. The minimum absolute atomic E-state index is 0.0734. The first-order valence-electron chi connectivity index (χ1n) is 16.4. The molecule has 0 aliphatic rings. The fraction of sp³-hybridized carbons (Fsp3) is 0.588. The van der Waals surface area contributed by atoms with Crippen LogP contribution >= 0.6 is 0 Å².